The van der Waals surface area contributed by atoms with Crippen LogP contribution in [0.15, 0.2) is 24.7 Å². The van der Waals surface area contributed by atoms with E-state index in [2.05, 4.69) is 37.1 Å². The Morgan fingerprint density at radius 1 is 1.14 bits per heavy atom. The molecule has 1 N–H and O–H groups in total. The Morgan fingerprint density at radius 3 is 2.83 bits per heavy atom. The maximum absolute atomic E-state index is 12.8. The average molecular weight is 397 g/mol. The van der Waals surface area contributed by atoms with Gasteiger partial charge in [-0.15, -0.1) is 0 Å². The van der Waals surface area contributed by atoms with Gasteiger partial charge in [0.1, 0.15) is 5.52 Å². The molecule has 7 nitrogen and oxygen atoms in total. The van der Waals surface area contributed by atoms with Gasteiger partial charge in [0.05, 0.1) is 17.8 Å². The lowest BCUT2D eigenvalue weighted by Gasteiger charge is -2.34. The van der Waals surface area contributed by atoms with E-state index in [0.717, 1.165) is 50.2 Å². The highest BCUT2D eigenvalue weighted by Crippen LogP contribution is 2.24. The summed E-state index contributed by atoms with van der Waals surface area (Å²) in [4.78, 5) is 30.4. The van der Waals surface area contributed by atoms with Gasteiger partial charge in [-0.25, -0.2) is 9.97 Å². The molecule has 156 valence electrons. The highest BCUT2D eigenvalue weighted by atomic mass is 16.1. The number of rotatable bonds is 6. The van der Waals surface area contributed by atoms with Gasteiger partial charge in [0.2, 0.25) is 5.91 Å². The van der Waals surface area contributed by atoms with Crippen molar-refractivity contribution >= 4 is 22.8 Å². The zero-order valence-corrected chi connectivity index (χ0v) is 17.4. The second-order valence-electron chi connectivity index (χ2n) is 8.44. The minimum Gasteiger partial charge on any atom is -0.369 e. The van der Waals surface area contributed by atoms with E-state index >= 15 is 0 Å². The highest BCUT2D eigenvalue weighted by Gasteiger charge is 2.26. The Kier molecular flexibility index (Phi) is 6.54. The highest BCUT2D eigenvalue weighted by molar-refractivity contribution is 5.80. The van der Waals surface area contributed by atoms with Crippen LogP contribution in [0.25, 0.3) is 11.2 Å². The summed E-state index contributed by atoms with van der Waals surface area (Å²) in [7, 11) is 2.19. The first-order chi connectivity index (χ1) is 14.2. The molecule has 2 aromatic rings. The van der Waals surface area contributed by atoms with Crippen molar-refractivity contribution in [3.8, 4) is 0 Å². The molecule has 2 fully saturated rings. The van der Waals surface area contributed by atoms with E-state index in [4.69, 9.17) is 0 Å². The molecule has 1 atom stereocenters. The molecule has 1 saturated heterocycles. The lowest BCUT2D eigenvalue weighted by Crippen LogP contribution is -2.45. The third kappa shape index (κ3) is 5.01. The van der Waals surface area contributed by atoms with E-state index in [9.17, 15) is 4.79 Å². The fourth-order valence-electron chi connectivity index (χ4n) is 4.65. The molecule has 0 bridgehead atoms. The molecule has 0 spiro atoms. The first-order valence-electron chi connectivity index (χ1n) is 11.0. The van der Waals surface area contributed by atoms with E-state index in [1.54, 1.807) is 12.4 Å². The first kappa shape index (κ1) is 20.0. The van der Waals surface area contributed by atoms with Crippen LogP contribution in [0.4, 0.5) is 5.69 Å². The van der Waals surface area contributed by atoms with Crippen molar-refractivity contribution < 1.29 is 4.79 Å². The van der Waals surface area contributed by atoms with Gasteiger partial charge in [-0.1, -0.05) is 19.3 Å². The number of nitrogens with one attached hydrogen (secondary N) is 1. The lowest BCUT2D eigenvalue weighted by molar-refractivity contribution is -0.125. The van der Waals surface area contributed by atoms with Crippen LogP contribution < -0.4 is 10.2 Å². The zero-order chi connectivity index (χ0) is 20.1. The molecule has 1 aliphatic carbocycles. The molecule has 1 aliphatic heterocycles. The number of hydrogen-bond donors (Lipinski definition) is 1. The number of fused-ring (bicyclic) bond motifs is 1. The molecule has 1 amide bonds. The predicted octanol–water partition coefficient (Wildman–Crippen LogP) is 2.62. The number of piperidine rings is 1. The summed E-state index contributed by atoms with van der Waals surface area (Å²) in [5, 5.41) is 3.18. The second kappa shape index (κ2) is 9.48. The van der Waals surface area contributed by atoms with Crippen molar-refractivity contribution in [3.63, 3.8) is 0 Å². The van der Waals surface area contributed by atoms with Crippen molar-refractivity contribution in [2.45, 2.75) is 51.0 Å². The quantitative estimate of drug-likeness (QED) is 0.809. The standard InChI is InChI=1S/C22H32N6O/c1-27(18-7-3-2-4-8-18)13-11-25-22(29)17-6-5-12-28(16-17)19-14-20-21(26-15-19)24-10-9-23-20/h9-10,14-15,17-18H,2-8,11-13,16H2,1H3,(H,25,29)/t17-/m1/s1. The SMILES string of the molecule is CN(CCNC(=O)[C@@H]1CCCN(c2cnc3nccnc3c2)C1)C1CCCCC1. The van der Waals surface area contributed by atoms with Gasteiger partial charge in [-0.3, -0.25) is 9.78 Å². The minimum absolute atomic E-state index is 0.0290. The van der Waals surface area contributed by atoms with Gasteiger partial charge in [-0.05, 0) is 38.8 Å². The van der Waals surface area contributed by atoms with Crippen molar-refractivity contribution in [2.75, 3.05) is 38.1 Å². The normalized spacial score (nSPS) is 20.9. The van der Waals surface area contributed by atoms with Crippen molar-refractivity contribution in [1.82, 2.24) is 25.2 Å². The molecule has 4 rings (SSSR count). The Labute approximate surface area is 172 Å². The van der Waals surface area contributed by atoms with Crippen molar-refractivity contribution in [2.24, 2.45) is 5.92 Å². The van der Waals surface area contributed by atoms with Gasteiger partial charge in [0.15, 0.2) is 5.65 Å². The van der Waals surface area contributed by atoms with E-state index in [1.807, 2.05) is 12.3 Å². The van der Waals surface area contributed by atoms with Crippen LogP contribution in [0.2, 0.25) is 0 Å². The Bertz CT molecular complexity index is 822. The van der Waals surface area contributed by atoms with Gasteiger partial charge < -0.3 is 15.1 Å². The topological polar surface area (TPSA) is 74.2 Å². The second-order valence-corrected chi connectivity index (χ2v) is 8.44. The number of nitrogens with zero attached hydrogens (tertiary/aromatic N) is 5. The van der Waals surface area contributed by atoms with Crippen LogP contribution >= 0.6 is 0 Å². The van der Waals surface area contributed by atoms with Crippen molar-refractivity contribution in [3.05, 3.63) is 24.7 Å². The molecule has 2 aromatic heterocycles. The monoisotopic (exact) mass is 396 g/mol. The number of carbonyl (C=O) groups excluding carboxylic acids is 1. The fourth-order valence-corrected chi connectivity index (χ4v) is 4.65. The summed E-state index contributed by atoms with van der Waals surface area (Å²) in [6, 6.07) is 2.71. The number of likely N-dealkylation sites (N-methyl/N-ethyl adjacent to an activating group) is 1. The molecule has 2 aliphatic rings. The third-order valence-electron chi connectivity index (χ3n) is 6.43. The van der Waals surface area contributed by atoms with Gasteiger partial charge >= 0.3 is 0 Å². The molecular formula is C22H32N6O. The largest absolute Gasteiger partial charge is 0.369 e. The van der Waals surface area contributed by atoms with E-state index < -0.39 is 0 Å². The maximum atomic E-state index is 12.8. The zero-order valence-electron chi connectivity index (χ0n) is 17.4. The molecule has 3 heterocycles. The van der Waals surface area contributed by atoms with Crippen molar-refractivity contribution in [1.29, 1.82) is 0 Å². The fraction of sp³-hybridized carbons (Fsp3) is 0.636. The molecule has 29 heavy (non-hydrogen) atoms. The average Bonchev–Trinajstić information content (AvgIpc) is 2.79. The summed E-state index contributed by atoms with van der Waals surface area (Å²) in [5.41, 5.74) is 2.47. The van der Waals surface area contributed by atoms with E-state index in [-0.39, 0.29) is 11.8 Å². The molecule has 0 unspecified atom stereocenters. The summed E-state index contributed by atoms with van der Waals surface area (Å²) in [5.74, 6) is 0.210. The van der Waals surface area contributed by atoms with Crippen LogP contribution in [0.5, 0.6) is 0 Å². The predicted molar refractivity (Wildman–Crippen MR) is 115 cm³/mol. The molecule has 0 radical (unpaired) electrons. The van der Waals surface area contributed by atoms with E-state index in [0.29, 0.717) is 11.7 Å². The Hall–Kier alpha value is -2.28. The number of carbonyl (C=O) groups is 1. The first-order valence-corrected chi connectivity index (χ1v) is 11.0. The number of hydrogen-bond acceptors (Lipinski definition) is 6. The molecule has 0 aromatic carbocycles. The summed E-state index contributed by atoms with van der Waals surface area (Å²) in [6.45, 7) is 3.34. The summed E-state index contributed by atoms with van der Waals surface area (Å²) in [6.07, 6.45) is 13.8. The van der Waals surface area contributed by atoms with Crippen LogP contribution in [0.3, 0.4) is 0 Å². The van der Waals surface area contributed by atoms with Gasteiger partial charge in [0, 0.05) is 44.6 Å². The number of pyridine rings is 1. The minimum atomic E-state index is 0.0290. The van der Waals surface area contributed by atoms with Crippen LogP contribution in [0.1, 0.15) is 44.9 Å². The number of aromatic nitrogens is 3. The molecule has 7 heteroatoms. The van der Waals surface area contributed by atoms with Crippen LogP contribution in [-0.4, -0.2) is 65.0 Å². The Balaban J connectivity index is 1.28. The van der Waals surface area contributed by atoms with Gasteiger partial charge in [0.25, 0.3) is 0 Å². The number of amides is 1. The third-order valence-corrected chi connectivity index (χ3v) is 6.43. The summed E-state index contributed by atoms with van der Waals surface area (Å²) < 4.78 is 0. The maximum Gasteiger partial charge on any atom is 0.224 e. The molecular weight excluding hydrogens is 364 g/mol. The Morgan fingerprint density at radius 2 is 1.97 bits per heavy atom. The van der Waals surface area contributed by atoms with Crippen LogP contribution in [0, 0.1) is 5.92 Å². The number of anilines is 1. The smallest absolute Gasteiger partial charge is 0.224 e. The van der Waals surface area contributed by atoms with Crippen LogP contribution in [-0.2, 0) is 4.79 Å². The summed E-state index contributed by atoms with van der Waals surface area (Å²) >= 11 is 0. The van der Waals surface area contributed by atoms with E-state index in [1.165, 1.54) is 32.1 Å². The molecule has 1 saturated carbocycles. The lowest BCUT2D eigenvalue weighted by atomic mass is 9.94. The van der Waals surface area contributed by atoms with Gasteiger partial charge in [-0.2, -0.15) is 0 Å².